The largest absolute Gasteiger partial charge is 0.488 e. The second-order valence-electron chi connectivity index (χ2n) is 6.69. The maximum atomic E-state index is 12.4. The smallest absolute Gasteiger partial charge is 0.410 e. The van der Waals surface area contributed by atoms with Gasteiger partial charge in [0.1, 0.15) is 17.5 Å². The Morgan fingerprint density at radius 3 is 2.50 bits per heavy atom. The molecular formula is C18H23NO5. The number of amides is 1. The first-order chi connectivity index (χ1) is 11.2. The Balaban J connectivity index is 2.10. The number of carbonyl (C=O) groups is 2. The van der Waals surface area contributed by atoms with Crippen LogP contribution in [0.2, 0.25) is 0 Å². The van der Waals surface area contributed by atoms with Gasteiger partial charge in [-0.25, -0.2) is 9.59 Å². The van der Waals surface area contributed by atoms with E-state index in [9.17, 15) is 9.59 Å². The summed E-state index contributed by atoms with van der Waals surface area (Å²) in [5, 5.41) is 8.83. The molecule has 0 unspecified atom stereocenters. The molecule has 0 radical (unpaired) electrons. The number of para-hydroxylation sites is 1. The Labute approximate surface area is 141 Å². The summed E-state index contributed by atoms with van der Waals surface area (Å²) >= 11 is 0. The first kappa shape index (κ1) is 17.8. The van der Waals surface area contributed by atoms with Crippen LogP contribution >= 0.6 is 0 Å². The van der Waals surface area contributed by atoms with Crippen molar-refractivity contribution < 1.29 is 24.2 Å². The molecule has 1 aliphatic heterocycles. The van der Waals surface area contributed by atoms with Gasteiger partial charge in [-0.3, -0.25) is 4.90 Å². The molecule has 0 spiro atoms. The molecule has 1 heterocycles. The lowest BCUT2D eigenvalue weighted by Gasteiger charge is -2.27. The van der Waals surface area contributed by atoms with Crippen LogP contribution in [-0.2, 0) is 9.53 Å². The van der Waals surface area contributed by atoms with Crippen molar-refractivity contribution in [2.75, 3.05) is 6.54 Å². The van der Waals surface area contributed by atoms with E-state index < -0.39 is 17.7 Å². The molecule has 1 fully saturated rings. The Morgan fingerprint density at radius 2 is 1.92 bits per heavy atom. The number of rotatable bonds is 4. The van der Waals surface area contributed by atoms with Crippen molar-refractivity contribution in [1.82, 2.24) is 4.90 Å². The monoisotopic (exact) mass is 333 g/mol. The van der Waals surface area contributed by atoms with Gasteiger partial charge in [0.05, 0.1) is 12.6 Å². The number of aliphatic carboxylic acids is 1. The van der Waals surface area contributed by atoms with Crippen molar-refractivity contribution in [1.29, 1.82) is 0 Å². The van der Waals surface area contributed by atoms with Gasteiger partial charge in [-0.1, -0.05) is 24.3 Å². The number of ether oxygens (including phenoxy) is 2. The van der Waals surface area contributed by atoms with Gasteiger partial charge in [0, 0.05) is 12.5 Å². The van der Waals surface area contributed by atoms with E-state index in [0.717, 1.165) is 11.8 Å². The molecule has 1 aromatic carbocycles. The summed E-state index contributed by atoms with van der Waals surface area (Å²) in [5.74, 6) is -0.332. The highest BCUT2D eigenvalue weighted by molar-refractivity contribution is 5.80. The van der Waals surface area contributed by atoms with Gasteiger partial charge in [-0.2, -0.15) is 0 Å². The van der Waals surface area contributed by atoms with Crippen molar-refractivity contribution >= 4 is 12.1 Å². The highest BCUT2D eigenvalue weighted by atomic mass is 16.6. The summed E-state index contributed by atoms with van der Waals surface area (Å²) < 4.78 is 11.3. The van der Waals surface area contributed by atoms with E-state index in [1.165, 1.54) is 11.0 Å². The zero-order valence-electron chi connectivity index (χ0n) is 14.1. The highest BCUT2D eigenvalue weighted by Gasteiger charge is 2.37. The van der Waals surface area contributed by atoms with Gasteiger partial charge in [-0.05, 0) is 32.9 Å². The van der Waals surface area contributed by atoms with Crippen LogP contribution in [0.25, 0.3) is 0 Å². The molecule has 6 heteroatoms. The molecule has 0 aromatic heterocycles. The van der Waals surface area contributed by atoms with E-state index in [1.807, 2.05) is 30.3 Å². The molecule has 1 N–H and O–H groups in total. The molecule has 0 bridgehead atoms. The molecule has 2 atom stereocenters. The molecule has 1 aromatic rings. The van der Waals surface area contributed by atoms with Crippen LogP contribution in [-0.4, -0.2) is 46.4 Å². The second-order valence-corrected chi connectivity index (χ2v) is 6.69. The number of likely N-dealkylation sites (tertiary alicyclic amines) is 1. The van der Waals surface area contributed by atoms with E-state index in [1.54, 1.807) is 20.8 Å². The number of carbonyl (C=O) groups excluding carboxylic acids is 1. The fourth-order valence-corrected chi connectivity index (χ4v) is 2.51. The normalized spacial score (nSPS) is 21.0. The zero-order chi connectivity index (χ0) is 17.7. The van der Waals surface area contributed by atoms with Crippen molar-refractivity contribution in [3.05, 3.63) is 42.5 Å². The predicted molar refractivity (Wildman–Crippen MR) is 89.0 cm³/mol. The minimum atomic E-state index is -1.05. The first-order valence-corrected chi connectivity index (χ1v) is 7.87. The third kappa shape index (κ3) is 5.30. The zero-order valence-corrected chi connectivity index (χ0v) is 14.1. The fraction of sp³-hybridized carbons (Fsp3) is 0.444. The van der Waals surface area contributed by atoms with Gasteiger partial charge in [0.15, 0.2) is 0 Å². The van der Waals surface area contributed by atoms with Crippen molar-refractivity contribution in [2.24, 2.45) is 0 Å². The lowest BCUT2D eigenvalue weighted by Crippen LogP contribution is -2.39. The van der Waals surface area contributed by atoms with Crippen LogP contribution in [0.15, 0.2) is 42.5 Å². The number of carboxylic acids is 1. The summed E-state index contributed by atoms with van der Waals surface area (Å²) in [5.41, 5.74) is -0.615. The number of carboxylic acid groups (broad SMARTS) is 1. The van der Waals surface area contributed by atoms with Gasteiger partial charge in [0.25, 0.3) is 0 Å². The second kappa shape index (κ2) is 7.38. The lowest BCUT2D eigenvalue weighted by molar-refractivity contribution is -0.131. The minimum absolute atomic E-state index is 0.219. The summed E-state index contributed by atoms with van der Waals surface area (Å²) in [6.45, 7) is 5.72. The third-order valence-corrected chi connectivity index (χ3v) is 3.44. The Morgan fingerprint density at radius 1 is 1.25 bits per heavy atom. The Hall–Kier alpha value is -2.50. The number of hydrogen-bond acceptors (Lipinski definition) is 4. The van der Waals surface area contributed by atoms with E-state index in [0.29, 0.717) is 13.0 Å². The average Bonchev–Trinajstić information content (AvgIpc) is 2.87. The van der Waals surface area contributed by atoms with Crippen LogP contribution in [0.4, 0.5) is 4.79 Å². The molecule has 6 nitrogen and oxygen atoms in total. The highest BCUT2D eigenvalue weighted by Crippen LogP contribution is 2.25. The van der Waals surface area contributed by atoms with Crippen molar-refractivity contribution in [3.63, 3.8) is 0 Å². The number of hydrogen-bond donors (Lipinski definition) is 1. The SMILES string of the molecule is CC(C)(C)OC(=O)N1C[C@@H](Oc2ccccc2)C[C@H]1/C=C/C(=O)O. The quantitative estimate of drug-likeness (QED) is 0.857. The van der Waals surface area contributed by atoms with Crippen LogP contribution < -0.4 is 4.74 Å². The first-order valence-electron chi connectivity index (χ1n) is 7.87. The van der Waals surface area contributed by atoms with Crippen LogP contribution in [0.3, 0.4) is 0 Å². The van der Waals surface area contributed by atoms with E-state index >= 15 is 0 Å². The maximum absolute atomic E-state index is 12.4. The third-order valence-electron chi connectivity index (χ3n) is 3.44. The Bertz CT molecular complexity index is 606. The van der Waals surface area contributed by atoms with Crippen LogP contribution in [0.1, 0.15) is 27.2 Å². The van der Waals surface area contributed by atoms with E-state index in [2.05, 4.69) is 0 Å². The van der Waals surface area contributed by atoms with Crippen molar-refractivity contribution in [2.45, 2.75) is 44.9 Å². The summed E-state index contributed by atoms with van der Waals surface area (Å²) in [4.78, 5) is 24.7. The van der Waals surface area contributed by atoms with Gasteiger partial charge < -0.3 is 14.6 Å². The maximum Gasteiger partial charge on any atom is 0.410 e. The van der Waals surface area contributed by atoms with Gasteiger partial charge in [-0.15, -0.1) is 0 Å². The average molecular weight is 333 g/mol. The molecule has 2 rings (SSSR count). The fourth-order valence-electron chi connectivity index (χ4n) is 2.51. The number of nitrogens with zero attached hydrogens (tertiary/aromatic N) is 1. The minimum Gasteiger partial charge on any atom is -0.488 e. The van der Waals surface area contributed by atoms with Gasteiger partial charge in [0.2, 0.25) is 0 Å². The summed E-state index contributed by atoms with van der Waals surface area (Å²) in [6.07, 6.45) is 2.37. The molecule has 1 aliphatic rings. The molecule has 130 valence electrons. The van der Waals surface area contributed by atoms with Crippen molar-refractivity contribution in [3.8, 4) is 5.75 Å². The molecular weight excluding hydrogens is 310 g/mol. The standard InChI is InChI=1S/C18H23NO5/c1-18(2,3)24-17(22)19-12-15(11-13(19)9-10-16(20)21)23-14-7-5-4-6-8-14/h4-10,13,15H,11-12H2,1-3H3,(H,20,21)/b10-9+/t13-,15+/m1/s1. The lowest BCUT2D eigenvalue weighted by atomic mass is 10.2. The summed E-state index contributed by atoms with van der Waals surface area (Å²) in [7, 11) is 0. The predicted octanol–water partition coefficient (Wildman–Crippen LogP) is 3.08. The molecule has 1 amide bonds. The van der Waals surface area contributed by atoms with E-state index in [-0.39, 0.29) is 12.1 Å². The molecule has 0 aliphatic carbocycles. The molecule has 24 heavy (non-hydrogen) atoms. The van der Waals surface area contributed by atoms with E-state index in [4.69, 9.17) is 14.6 Å². The topological polar surface area (TPSA) is 76.1 Å². The summed E-state index contributed by atoms with van der Waals surface area (Å²) in [6, 6.07) is 8.96. The Kier molecular flexibility index (Phi) is 5.49. The number of benzene rings is 1. The molecule has 1 saturated heterocycles. The van der Waals surface area contributed by atoms with Gasteiger partial charge >= 0.3 is 12.1 Å². The van der Waals surface area contributed by atoms with Crippen LogP contribution in [0, 0.1) is 0 Å². The van der Waals surface area contributed by atoms with Crippen LogP contribution in [0.5, 0.6) is 5.75 Å². The molecule has 0 saturated carbocycles.